The molecule has 2 N–H and O–H groups in total. The van der Waals surface area contributed by atoms with Crippen LogP contribution in [-0.4, -0.2) is 49.7 Å². The summed E-state index contributed by atoms with van der Waals surface area (Å²) in [5.41, 5.74) is 1.67. The molecule has 0 radical (unpaired) electrons. The van der Waals surface area contributed by atoms with Gasteiger partial charge < -0.3 is 10.0 Å². The van der Waals surface area contributed by atoms with Crippen molar-refractivity contribution in [2.75, 3.05) is 6.54 Å². The third-order valence-electron chi connectivity index (χ3n) is 4.54. The minimum Gasteiger partial charge on any atom is -0.481 e. The van der Waals surface area contributed by atoms with Gasteiger partial charge in [-0.05, 0) is 37.5 Å². The number of aliphatic carboxylic acids is 1. The summed E-state index contributed by atoms with van der Waals surface area (Å²) in [6.07, 6.45) is 2.81. The maximum atomic E-state index is 12.7. The highest BCUT2D eigenvalue weighted by molar-refractivity contribution is 7.98. The maximum absolute atomic E-state index is 12.7. The van der Waals surface area contributed by atoms with Gasteiger partial charge in [0.15, 0.2) is 5.16 Å². The first-order valence-corrected chi connectivity index (χ1v) is 9.15. The number of aromatic amines is 1. The molecule has 7 nitrogen and oxygen atoms in total. The van der Waals surface area contributed by atoms with Gasteiger partial charge in [0.2, 0.25) is 0 Å². The molecule has 1 amide bonds. The van der Waals surface area contributed by atoms with Crippen LogP contribution in [0.4, 0.5) is 0 Å². The van der Waals surface area contributed by atoms with E-state index in [4.69, 9.17) is 0 Å². The molecule has 3 rings (SSSR count). The van der Waals surface area contributed by atoms with E-state index in [1.807, 2.05) is 19.1 Å². The third kappa shape index (κ3) is 4.01. The standard InChI is InChI=1S/C17H20N4O3S/c1-11-14(16(23)24)3-2-8-21(11)15(22)13-6-4-12(5-7-13)9-25-17-18-10-19-20-17/h4-7,10-11,14H,2-3,8-9H2,1H3,(H,23,24)(H,18,19,20)/t11-,14-/m1/s1. The van der Waals surface area contributed by atoms with Crippen LogP contribution < -0.4 is 0 Å². The molecule has 0 aliphatic carbocycles. The van der Waals surface area contributed by atoms with Gasteiger partial charge in [-0.25, -0.2) is 4.98 Å². The van der Waals surface area contributed by atoms with Crippen molar-refractivity contribution in [3.63, 3.8) is 0 Å². The van der Waals surface area contributed by atoms with Gasteiger partial charge in [0.25, 0.3) is 5.91 Å². The zero-order chi connectivity index (χ0) is 17.8. The quantitative estimate of drug-likeness (QED) is 0.795. The lowest BCUT2D eigenvalue weighted by Crippen LogP contribution is -2.49. The number of aromatic nitrogens is 3. The second-order valence-corrected chi connectivity index (χ2v) is 7.07. The SMILES string of the molecule is C[C@@H]1[C@H](C(=O)O)CCCN1C(=O)c1ccc(CSc2ncn[nH]2)cc1. The Morgan fingerprint density at radius 1 is 1.36 bits per heavy atom. The lowest BCUT2D eigenvalue weighted by molar-refractivity contribution is -0.144. The molecule has 2 atom stereocenters. The Morgan fingerprint density at radius 2 is 2.12 bits per heavy atom. The zero-order valence-electron chi connectivity index (χ0n) is 13.9. The number of nitrogens with one attached hydrogen (secondary N) is 1. The molecule has 2 heterocycles. The fourth-order valence-corrected chi connectivity index (χ4v) is 3.82. The topological polar surface area (TPSA) is 99.2 Å². The van der Waals surface area contributed by atoms with E-state index < -0.39 is 11.9 Å². The second-order valence-electron chi connectivity index (χ2n) is 6.10. The van der Waals surface area contributed by atoms with Gasteiger partial charge in [0.1, 0.15) is 6.33 Å². The Labute approximate surface area is 149 Å². The molecule has 0 spiro atoms. The monoisotopic (exact) mass is 360 g/mol. The first-order chi connectivity index (χ1) is 12.1. The Bertz CT molecular complexity index is 733. The minimum absolute atomic E-state index is 0.104. The normalized spacial score (nSPS) is 20.4. The van der Waals surface area contributed by atoms with Crippen LogP contribution in [0.15, 0.2) is 35.7 Å². The number of nitrogens with zero attached hydrogens (tertiary/aromatic N) is 3. The third-order valence-corrected chi connectivity index (χ3v) is 5.48. The van der Waals surface area contributed by atoms with Gasteiger partial charge in [0.05, 0.1) is 5.92 Å². The van der Waals surface area contributed by atoms with Gasteiger partial charge in [-0.1, -0.05) is 23.9 Å². The number of H-pyrrole nitrogens is 1. The Morgan fingerprint density at radius 3 is 2.76 bits per heavy atom. The van der Waals surface area contributed by atoms with Gasteiger partial charge in [-0.2, -0.15) is 5.10 Å². The molecule has 0 unspecified atom stereocenters. The number of thioether (sulfide) groups is 1. The number of benzene rings is 1. The average molecular weight is 360 g/mol. The zero-order valence-corrected chi connectivity index (χ0v) is 14.7. The summed E-state index contributed by atoms with van der Waals surface area (Å²) in [5, 5.41) is 16.6. The van der Waals surface area contributed by atoms with Gasteiger partial charge >= 0.3 is 5.97 Å². The highest BCUT2D eigenvalue weighted by Crippen LogP contribution is 2.26. The van der Waals surface area contributed by atoms with Crippen molar-refractivity contribution in [2.24, 2.45) is 5.92 Å². The number of carboxylic acid groups (broad SMARTS) is 1. The number of amides is 1. The highest BCUT2D eigenvalue weighted by atomic mass is 32.2. The van der Waals surface area contributed by atoms with Crippen LogP contribution in [-0.2, 0) is 10.5 Å². The molecule has 1 aliphatic heterocycles. The van der Waals surface area contributed by atoms with Crippen molar-refractivity contribution in [3.05, 3.63) is 41.7 Å². The van der Waals surface area contributed by atoms with E-state index in [1.54, 1.807) is 17.0 Å². The molecule has 0 bridgehead atoms. The summed E-state index contributed by atoms with van der Waals surface area (Å²) in [7, 11) is 0. The fourth-order valence-electron chi connectivity index (χ4n) is 3.08. The molecular formula is C17H20N4O3S. The molecule has 132 valence electrons. The van der Waals surface area contributed by atoms with E-state index in [0.29, 0.717) is 18.5 Å². The van der Waals surface area contributed by atoms with E-state index >= 15 is 0 Å². The summed E-state index contributed by atoms with van der Waals surface area (Å²) in [6, 6.07) is 7.14. The molecular weight excluding hydrogens is 340 g/mol. The van der Waals surface area contributed by atoms with Crippen LogP contribution in [0.25, 0.3) is 0 Å². The summed E-state index contributed by atoms with van der Waals surface area (Å²) in [6.45, 7) is 2.42. The van der Waals surface area contributed by atoms with Gasteiger partial charge in [-0.15, -0.1) is 0 Å². The number of likely N-dealkylation sites (tertiary alicyclic amines) is 1. The molecule has 1 aromatic carbocycles. The molecule has 1 aliphatic rings. The number of piperidine rings is 1. The largest absolute Gasteiger partial charge is 0.481 e. The van der Waals surface area contributed by atoms with E-state index in [-0.39, 0.29) is 11.9 Å². The number of carbonyl (C=O) groups is 2. The highest BCUT2D eigenvalue weighted by Gasteiger charge is 2.35. The lowest BCUT2D eigenvalue weighted by Gasteiger charge is -2.37. The molecule has 25 heavy (non-hydrogen) atoms. The molecule has 8 heteroatoms. The summed E-state index contributed by atoms with van der Waals surface area (Å²) in [4.78, 5) is 29.8. The fraction of sp³-hybridized carbons (Fsp3) is 0.412. The van der Waals surface area contributed by atoms with Crippen molar-refractivity contribution in [3.8, 4) is 0 Å². The smallest absolute Gasteiger partial charge is 0.308 e. The first kappa shape index (κ1) is 17.5. The average Bonchev–Trinajstić information content (AvgIpc) is 3.13. The van der Waals surface area contributed by atoms with Gasteiger partial charge in [0, 0.05) is 23.9 Å². The molecule has 1 saturated heterocycles. The van der Waals surface area contributed by atoms with Crippen LogP contribution in [0.5, 0.6) is 0 Å². The van der Waals surface area contributed by atoms with Crippen molar-refractivity contribution in [2.45, 2.75) is 36.7 Å². The predicted molar refractivity (Wildman–Crippen MR) is 93.2 cm³/mol. The van der Waals surface area contributed by atoms with Crippen LogP contribution in [0.3, 0.4) is 0 Å². The molecule has 0 saturated carbocycles. The molecule has 1 aromatic heterocycles. The van der Waals surface area contributed by atoms with Crippen molar-refractivity contribution in [1.29, 1.82) is 0 Å². The lowest BCUT2D eigenvalue weighted by atomic mass is 9.90. The predicted octanol–water partition coefficient (Wildman–Crippen LogP) is 2.42. The molecule has 2 aromatic rings. The summed E-state index contributed by atoms with van der Waals surface area (Å²) < 4.78 is 0. The number of hydrogen-bond donors (Lipinski definition) is 2. The van der Waals surface area contributed by atoms with Crippen LogP contribution in [0.2, 0.25) is 0 Å². The van der Waals surface area contributed by atoms with Crippen LogP contribution in [0, 0.1) is 5.92 Å². The number of hydrogen-bond acceptors (Lipinski definition) is 5. The van der Waals surface area contributed by atoms with E-state index in [2.05, 4.69) is 15.2 Å². The van der Waals surface area contributed by atoms with Crippen LogP contribution in [0.1, 0.15) is 35.7 Å². The Balaban J connectivity index is 1.64. The minimum atomic E-state index is -0.829. The van der Waals surface area contributed by atoms with Crippen LogP contribution >= 0.6 is 11.8 Å². The number of carboxylic acids is 1. The van der Waals surface area contributed by atoms with Crippen molar-refractivity contribution >= 4 is 23.6 Å². The number of carbonyl (C=O) groups excluding carboxylic acids is 1. The van der Waals surface area contributed by atoms with Crippen molar-refractivity contribution in [1.82, 2.24) is 20.1 Å². The van der Waals surface area contributed by atoms with E-state index in [1.165, 1.54) is 18.1 Å². The van der Waals surface area contributed by atoms with E-state index in [9.17, 15) is 14.7 Å². The van der Waals surface area contributed by atoms with Crippen molar-refractivity contribution < 1.29 is 14.7 Å². The Kier molecular flexibility index (Phi) is 5.37. The summed E-state index contributed by atoms with van der Waals surface area (Å²) >= 11 is 1.54. The molecule has 1 fully saturated rings. The maximum Gasteiger partial charge on any atom is 0.308 e. The number of rotatable bonds is 5. The Hall–Kier alpha value is -2.35. The van der Waals surface area contributed by atoms with Gasteiger partial charge in [-0.3, -0.25) is 14.7 Å². The summed E-state index contributed by atoms with van der Waals surface area (Å²) in [5.74, 6) is -0.696. The second kappa shape index (κ2) is 7.69. The van der Waals surface area contributed by atoms with E-state index in [0.717, 1.165) is 22.9 Å². The first-order valence-electron chi connectivity index (χ1n) is 8.17.